The Labute approximate surface area is 169 Å². The number of para-hydroxylation sites is 1. The Balaban J connectivity index is 1.80. The van der Waals surface area contributed by atoms with Crippen LogP contribution in [0.1, 0.15) is 0 Å². The molecule has 5 aromatic carbocycles. The third-order valence-electron chi connectivity index (χ3n) is 5.79. The van der Waals surface area contributed by atoms with Gasteiger partial charge in [0.25, 0.3) is 0 Å². The Hall–Kier alpha value is -3.84. The van der Waals surface area contributed by atoms with Crippen molar-refractivity contribution in [3.63, 3.8) is 0 Å². The molecule has 0 fully saturated rings. The second kappa shape index (κ2) is 6.35. The first-order chi connectivity index (χ1) is 14.4. The molecule has 0 aliphatic heterocycles. The molecule has 136 valence electrons. The van der Waals surface area contributed by atoms with Gasteiger partial charge in [-0.2, -0.15) is 0 Å². The van der Waals surface area contributed by atoms with Crippen LogP contribution in [0.5, 0.6) is 0 Å². The van der Waals surface area contributed by atoms with Crippen LogP contribution < -0.4 is 0 Å². The van der Waals surface area contributed by atoms with E-state index in [-0.39, 0.29) is 0 Å². The van der Waals surface area contributed by atoms with E-state index in [1.165, 1.54) is 49.4 Å². The Bertz CT molecular complexity index is 1480. The second-order valence-corrected chi connectivity index (χ2v) is 7.42. The van der Waals surface area contributed by atoms with Crippen molar-refractivity contribution in [2.45, 2.75) is 0 Å². The van der Waals surface area contributed by atoms with Gasteiger partial charge in [-0.1, -0.05) is 97.1 Å². The van der Waals surface area contributed by atoms with Gasteiger partial charge >= 0.3 is 0 Å². The van der Waals surface area contributed by atoms with E-state index in [9.17, 15) is 0 Å². The van der Waals surface area contributed by atoms with Gasteiger partial charge in [0.05, 0.1) is 16.7 Å². The fraction of sp³-hybridized carbons (Fsp3) is 0. The summed E-state index contributed by atoms with van der Waals surface area (Å²) in [6.07, 6.45) is 0. The van der Waals surface area contributed by atoms with E-state index >= 15 is 0 Å². The van der Waals surface area contributed by atoms with Crippen molar-refractivity contribution in [2.75, 3.05) is 0 Å². The molecule has 6 aromatic rings. The van der Waals surface area contributed by atoms with E-state index in [2.05, 4.69) is 120 Å². The average molecular weight is 369 g/mol. The van der Waals surface area contributed by atoms with Crippen LogP contribution in [0.4, 0.5) is 0 Å². The molecule has 6 rings (SSSR count). The van der Waals surface area contributed by atoms with Gasteiger partial charge in [-0.05, 0) is 34.7 Å². The Morgan fingerprint density at radius 2 is 1.10 bits per heavy atom. The summed E-state index contributed by atoms with van der Waals surface area (Å²) in [5, 5.41) is 5.12. The molecule has 0 saturated heterocycles. The minimum absolute atomic E-state index is 1.22. The number of aromatic nitrogens is 1. The SMILES string of the molecule is c1ccc(-c2cccc3c2c2ccccc2n3-c2cccc3ccccc23)cc1. The van der Waals surface area contributed by atoms with Crippen LogP contribution in [0.3, 0.4) is 0 Å². The molecule has 1 heteroatoms. The molecule has 1 heterocycles. The molecule has 0 unspecified atom stereocenters. The highest BCUT2D eigenvalue weighted by Gasteiger charge is 2.16. The fourth-order valence-corrected chi connectivity index (χ4v) is 4.54. The number of rotatable bonds is 2. The van der Waals surface area contributed by atoms with Gasteiger partial charge in [-0.15, -0.1) is 0 Å². The molecular formula is C28H19N. The maximum atomic E-state index is 2.42. The number of hydrogen-bond acceptors (Lipinski definition) is 0. The molecule has 0 radical (unpaired) electrons. The van der Waals surface area contributed by atoms with Crippen LogP contribution in [0.2, 0.25) is 0 Å². The zero-order chi connectivity index (χ0) is 19.2. The van der Waals surface area contributed by atoms with Crippen LogP contribution in [0.15, 0.2) is 115 Å². The molecule has 0 saturated carbocycles. The maximum Gasteiger partial charge on any atom is 0.0547 e. The molecule has 0 aliphatic carbocycles. The molecular weight excluding hydrogens is 350 g/mol. The minimum atomic E-state index is 1.22. The third kappa shape index (κ3) is 2.41. The van der Waals surface area contributed by atoms with E-state index in [0.29, 0.717) is 0 Å². The molecule has 0 aliphatic rings. The maximum absolute atomic E-state index is 2.42. The van der Waals surface area contributed by atoms with Crippen molar-refractivity contribution in [1.29, 1.82) is 0 Å². The van der Waals surface area contributed by atoms with E-state index < -0.39 is 0 Å². The van der Waals surface area contributed by atoms with Crippen molar-refractivity contribution in [1.82, 2.24) is 4.57 Å². The van der Waals surface area contributed by atoms with Crippen LogP contribution in [0.25, 0.3) is 49.4 Å². The smallest absolute Gasteiger partial charge is 0.0547 e. The highest BCUT2D eigenvalue weighted by molar-refractivity contribution is 6.16. The van der Waals surface area contributed by atoms with Gasteiger partial charge in [0.15, 0.2) is 0 Å². The number of hydrogen-bond donors (Lipinski definition) is 0. The van der Waals surface area contributed by atoms with E-state index in [1.807, 2.05) is 0 Å². The van der Waals surface area contributed by atoms with Gasteiger partial charge in [0, 0.05) is 16.2 Å². The zero-order valence-corrected chi connectivity index (χ0v) is 15.9. The van der Waals surface area contributed by atoms with Crippen LogP contribution >= 0.6 is 0 Å². The topological polar surface area (TPSA) is 4.93 Å². The lowest BCUT2D eigenvalue weighted by Crippen LogP contribution is -1.95. The summed E-state index contributed by atoms with van der Waals surface area (Å²) in [7, 11) is 0. The highest BCUT2D eigenvalue weighted by Crippen LogP contribution is 2.39. The molecule has 29 heavy (non-hydrogen) atoms. The molecule has 0 N–H and O–H groups in total. The second-order valence-electron chi connectivity index (χ2n) is 7.42. The summed E-state index contributed by atoms with van der Waals surface area (Å²) in [6.45, 7) is 0. The summed E-state index contributed by atoms with van der Waals surface area (Å²) >= 11 is 0. The first-order valence-electron chi connectivity index (χ1n) is 9.97. The Morgan fingerprint density at radius 1 is 0.448 bits per heavy atom. The molecule has 0 amide bonds. The van der Waals surface area contributed by atoms with Crippen LogP contribution in [-0.4, -0.2) is 4.57 Å². The van der Waals surface area contributed by atoms with E-state index in [1.54, 1.807) is 0 Å². The Kier molecular flexibility index (Phi) is 3.54. The van der Waals surface area contributed by atoms with Crippen molar-refractivity contribution >= 4 is 32.6 Å². The van der Waals surface area contributed by atoms with E-state index in [0.717, 1.165) is 0 Å². The lowest BCUT2D eigenvalue weighted by molar-refractivity contribution is 1.20. The van der Waals surface area contributed by atoms with Crippen molar-refractivity contribution in [2.24, 2.45) is 0 Å². The molecule has 1 nitrogen and oxygen atoms in total. The number of nitrogens with zero attached hydrogens (tertiary/aromatic N) is 1. The summed E-state index contributed by atoms with van der Waals surface area (Å²) in [6, 6.07) is 41.2. The van der Waals surface area contributed by atoms with Crippen LogP contribution in [0, 0.1) is 0 Å². The summed E-state index contributed by atoms with van der Waals surface area (Å²) < 4.78 is 2.42. The van der Waals surface area contributed by atoms with Gasteiger partial charge in [-0.25, -0.2) is 0 Å². The molecule has 0 atom stereocenters. The normalized spacial score (nSPS) is 11.4. The Morgan fingerprint density at radius 3 is 2.00 bits per heavy atom. The zero-order valence-electron chi connectivity index (χ0n) is 15.9. The quantitative estimate of drug-likeness (QED) is 0.296. The molecule has 0 spiro atoms. The van der Waals surface area contributed by atoms with Gasteiger partial charge in [-0.3, -0.25) is 0 Å². The first-order valence-corrected chi connectivity index (χ1v) is 9.97. The van der Waals surface area contributed by atoms with E-state index in [4.69, 9.17) is 0 Å². The molecule has 1 aromatic heterocycles. The predicted molar refractivity (Wildman–Crippen MR) is 124 cm³/mol. The fourth-order valence-electron chi connectivity index (χ4n) is 4.54. The minimum Gasteiger partial charge on any atom is -0.309 e. The van der Waals surface area contributed by atoms with Gasteiger partial charge in [0.1, 0.15) is 0 Å². The molecule has 0 bridgehead atoms. The highest BCUT2D eigenvalue weighted by atomic mass is 15.0. The number of benzene rings is 5. The third-order valence-corrected chi connectivity index (χ3v) is 5.79. The summed E-state index contributed by atoms with van der Waals surface area (Å²) in [5.41, 5.74) is 6.22. The lowest BCUT2D eigenvalue weighted by Gasteiger charge is -2.12. The van der Waals surface area contributed by atoms with Crippen LogP contribution in [-0.2, 0) is 0 Å². The van der Waals surface area contributed by atoms with Crippen molar-refractivity contribution in [3.05, 3.63) is 115 Å². The first kappa shape index (κ1) is 16.1. The standard InChI is InChI=1S/C28H19N/c1-2-10-21(11-3-1)23-16-9-19-27-28(23)24-15-6-7-17-26(24)29(27)25-18-8-13-20-12-4-5-14-22(20)25/h1-19H. The summed E-state index contributed by atoms with van der Waals surface area (Å²) in [4.78, 5) is 0. The van der Waals surface area contributed by atoms with Crippen molar-refractivity contribution in [3.8, 4) is 16.8 Å². The van der Waals surface area contributed by atoms with Gasteiger partial charge < -0.3 is 4.57 Å². The lowest BCUT2D eigenvalue weighted by atomic mass is 9.99. The van der Waals surface area contributed by atoms with Gasteiger partial charge in [0.2, 0.25) is 0 Å². The predicted octanol–water partition coefficient (Wildman–Crippen LogP) is 7.60. The largest absolute Gasteiger partial charge is 0.309 e. The number of fused-ring (bicyclic) bond motifs is 4. The average Bonchev–Trinajstić information content (AvgIpc) is 3.14. The monoisotopic (exact) mass is 369 g/mol. The summed E-state index contributed by atoms with van der Waals surface area (Å²) in [5.74, 6) is 0. The van der Waals surface area contributed by atoms with Crippen molar-refractivity contribution < 1.29 is 0 Å².